The minimum atomic E-state index is -0.870. The molecule has 1 aromatic rings. The third kappa shape index (κ3) is 13.8. The third-order valence-electron chi connectivity index (χ3n) is 5.26. The van der Waals surface area contributed by atoms with Gasteiger partial charge >= 0.3 is 11.9 Å². The number of hydrogen-bond acceptors (Lipinski definition) is 11. The van der Waals surface area contributed by atoms with Crippen LogP contribution in [-0.4, -0.2) is 78.7 Å². The van der Waals surface area contributed by atoms with Gasteiger partial charge in [-0.3, -0.25) is 9.59 Å². The molecule has 1 amide bonds. The highest BCUT2D eigenvalue weighted by Gasteiger charge is 2.37. The number of nitrogens with zero attached hydrogens (tertiary/aromatic N) is 2. The molecule has 39 heavy (non-hydrogen) atoms. The minimum absolute atomic E-state index is 0.0498. The Hall–Kier alpha value is -3.45. The van der Waals surface area contributed by atoms with E-state index in [0.29, 0.717) is 49.3 Å². The highest BCUT2D eigenvalue weighted by atomic mass is 32.2. The van der Waals surface area contributed by atoms with Gasteiger partial charge in [-0.15, -0.1) is 10.1 Å². The van der Waals surface area contributed by atoms with Crippen LogP contribution < -0.4 is 4.74 Å². The van der Waals surface area contributed by atoms with Crippen molar-refractivity contribution < 1.29 is 43.3 Å². The zero-order valence-electron chi connectivity index (χ0n) is 22.7. The zero-order valence-corrected chi connectivity index (χ0v) is 23.5. The molecule has 13 heteroatoms. The maximum Gasteiger partial charge on any atom is 0.334 e. The van der Waals surface area contributed by atoms with Crippen molar-refractivity contribution in [1.82, 2.24) is 4.90 Å². The predicted octanol–water partition coefficient (Wildman–Crippen LogP) is 3.31. The molecular formula is C26H36N2O10S. The van der Waals surface area contributed by atoms with Crippen LogP contribution in [0.15, 0.2) is 30.3 Å². The third-order valence-corrected chi connectivity index (χ3v) is 6.33. The summed E-state index contributed by atoms with van der Waals surface area (Å²) in [6, 6.07) is 5.85. The van der Waals surface area contributed by atoms with E-state index in [4.69, 9.17) is 9.47 Å². The summed E-state index contributed by atoms with van der Waals surface area (Å²) in [7, 11) is 3.25. The Labute approximate surface area is 232 Å². The molecule has 0 unspecified atom stereocenters. The Morgan fingerprint density at radius 2 is 1.79 bits per heavy atom. The number of benzene rings is 1. The number of unbranched alkanes of at least 4 members (excludes halogenated alkanes) is 1. The molecule has 1 aromatic carbocycles. The van der Waals surface area contributed by atoms with Crippen molar-refractivity contribution >= 4 is 40.8 Å². The van der Waals surface area contributed by atoms with Crippen LogP contribution in [0.3, 0.4) is 0 Å². The summed E-state index contributed by atoms with van der Waals surface area (Å²) in [4.78, 5) is 64.1. The van der Waals surface area contributed by atoms with Crippen LogP contribution in [0.2, 0.25) is 0 Å². The van der Waals surface area contributed by atoms with Crippen LogP contribution >= 0.6 is 11.8 Å². The average Bonchev–Trinajstić information content (AvgIpc) is 3.39. The fourth-order valence-corrected chi connectivity index (χ4v) is 4.06. The Morgan fingerprint density at radius 3 is 2.41 bits per heavy atom. The van der Waals surface area contributed by atoms with Crippen LogP contribution in [0, 0.1) is 16.0 Å². The van der Waals surface area contributed by atoms with E-state index in [1.54, 1.807) is 51.5 Å². The van der Waals surface area contributed by atoms with Gasteiger partial charge in [0.25, 0.3) is 5.09 Å². The lowest BCUT2D eigenvalue weighted by Gasteiger charge is -2.26. The molecule has 0 radical (unpaired) electrons. The number of methoxy groups -OCH3 is 1. The van der Waals surface area contributed by atoms with Crippen molar-refractivity contribution in [2.45, 2.75) is 45.6 Å². The summed E-state index contributed by atoms with van der Waals surface area (Å²) in [6.45, 7) is 3.74. The van der Waals surface area contributed by atoms with Crippen molar-refractivity contribution in [2.75, 3.05) is 39.7 Å². The molecule has 2 atom stereocenters. The monoisotopic (exact) mass is 568 g/mol. The van der Waals surface area contributed by atoms with Crippen LogP contribution in [0.4, 0.5) is 0 Å². The molecule has 2 rings (SSSR count). The minimum Gasteiger partial charge on any atom is -0.463 e. The first-order valence-electron chi connectivity index (χ1n) is 12.4. The summed E-state index contributed by atoms with van der Waals surface area (Å²) in [5.41, 5.74) is 0.681. The maximum absolute atomic E-state index is 12.8. The van der Waals surface area contributed by atoms with Gasteiger partial charge in [0, 0.05) is 45.4 Å². The average molecular weight is 569 g/mol. The van der Waals surface area contributed by atoms with E-state index >= 15 is 0 Å². The Balaban J connectivity index is 0.00000242. The fraction of sp³-hybridized carbons (Fsp3) is 0.538. The van der Waals surface area contributed by atoms with Gasteiger partial charge in [0.05, 0.1) is 13.2 Å². The highest BCUT2D eigenvalue weighted by molar-refractivity contribution is 8.13. The number of rotatable bonds is 13. The van der Waals surface area contributed by atoms with Gasteiger partial charge in [-0.1, -0.05) is 30.8 Å². The summed E-state index contributed by atoms with van der Waals surface area (Å²) < 4.78 is 14.7. The molecular weight excluding hydrogens is 532 g/mol. The van der Waals surface area contributed by atoms with E-state index in [1.807, 2.05) is 0 Å². The van der Waals surface area contributed by atoms with E-state index in [0.717, 1.165) is 11.8 Å². The first-order valence-corrected chi connectivity index (χ1v) is 13.4. The standard InChI is InChI=1S/C24H30N2O9S.C2H6O/c1-17(16-36-18(2)27)23(29)25-13-5-6-21(25)24(30)35-20-10-7-19(8-11-20)9-12-22(28)33-14-3-4-15-34-26(31)32;1-3-2/h7-12,17,21H,3-6,13-16H2,1-2H3;1-2H3/b12-9+;/t17-,21+;/m1./s1. The van der Waals surface area contributed by atoms with Crippen molar-refractivity contribution in [1.29, 1.82) is 0 Å². The molecule has 1 aliphatic heterocycles. The molecule has 0 spiro atoms. The maximum atomic E-state index is 12.8. The molecule has 0 aromatic heterocycles. The van der Waals surface area contributed by atoms with E-state index < -0.39 is 23.1 Å². The predicted molar refractivity (Wildman–Crippen MR) is 144 cm³/mol. The van der Waals surface area contributed by atoms with Crippen LogP contribution in [0.1, 0.15) is 45.1 Å². The number of carbonyl (C=O) groups is 4. The number of ether oxygens (including phenoxy) is 3. The summed E-state index contributed by atoms with van der Waals surface area (Å²) >= 11 is 1.09. The smallest absolute Gasteiger partial charge is 0.334 e. The normalized spacial score (nSPS) is 15.2. The van der Waals surface area contributed by atoms with E-state index in [9.17, 15) is 29.3 Å². The topological polar surface area (TPSA) is 152 Å². The van der Waals surface area contributed by atoms with Gasteiger partial charge in [-0.05, 0) is 49.5 Å². The van der Waals surface area contributed by atoms with Crippen LogP contribution in [0.5, 0.6) is 5.75 Å². The van der Waals surface area contributed by atoms with E-state index in [2.05, 4.69) is 9.57 Å². The number of likely N-dealkylation sites (tertiary alicyclic amines) is 1. The number of carbonyl (C=O) groups excluding carboxylic acids is 4. The van der Waals surface area contributed by atoms with Gasteiger partial charge in [0.1, 0.15) is 11.8 Å². The first-order chi connectivity index (χ1) is 18.6. The Kier molecular flexibility index (Phi) is 16.1. The summed E-state index contributed by atoms with van der Waals surface area (Å²) in [5.74, 6) is -0.928. The zero-order chi connectivity index (χ0) is 29.2. The lowest BCUT2D eigenvalue weighted by atomic mass is 10.1. The highest BCUT2D eigenvalue weighted by Crippen LogP contribution is 2.24. The second-order valence-corrected chi connectivity index (χ2v) is 9.75. The first kappa shape index (κ1) is 33.6. The number of amides is 1. The second-order valence-electron chi connectivity index (χ2n) is 8.56. The van der Waals surface area contributed by atoms with Crippen molar-refractivity contribution in [2.24, 2.45) is 5.92 Å². The van der Waals surface area contributed by atoms with Gasteiger partial charge in [-0.2, -0.15) is 0 Å². The van der Waals surface area contributed by atoms with Gasteiger partial charge in [0.15, 0.2) is 5.12 Å². The lowest BCUT2D eigenvalue weighted by Crippen LogP contribution is -2.45. The molecule has 1 fully saturated rings. The van der Waals surface area contributed by atoms with E-state index in [1.165, 1.54) is 17.9 Å². The molecule has 1 heterocycles. The van der Waals surface area contributed by atoms with E-state index in [-0.39, 0.29) is 30.2 Å². The molecule has 0 saturated carbocycles. The molecule has 0 aliphatic carbocycles. The molecule has 0 bridgehead atoms. The van der Waals surface area contributed by atoms with Crippen LogP contribution in [0.25, 0.3) is 6.08 Å². The molecule has 12 nitrogen and oxygen atoms in total. The van der Waals surface area contributed by atoms with Crippen molar-refractivity contribution in [3.8, 4) is 5.75 Å². The lowest BCUT2D eigenvalue weighted by molar-refractivity contribution is -0.757. The van der Waals surface area contributed by atoms with Crippen LogP contribution in [-0.2, 0) is 33.5 Å². The molecule has 0 N–H and O–H groups in total. The number of hydrogen-bond donors (Lipinski definition) is 0. The van der Waals surface area contributed by atoms with Gasteiger partial charge < -0.3 is 23.9 Å². The quantitative estimate of drug-likeness (QED) is 0.0860. The van der Waals surface area contributed by atoms with Gasteiger partial charge in [0.2, 0.25) is 5.91 Å². The summed E-state index contributed by atoms with van der Waals surface area (Å²) in [5, 5.41) is 9.11. The molecule has 216 valence electrons. The fourth-order valence-electron chi connectivity index (χ4n) is 3.43. The van der Waals surface area contributed by atoms with Crippen molar-refractivity contribution in [3.63, 3.8) is 0 Å². The Morgan fingerprint density at radius 1 is 1.15 bits per heavy atom. The second kappa shape index (κ2) is 18.7. The largest absolute Gasteiger partial charge is 0.463 e. The molecule has 1 saturated heterocycles. The molecule has 1 aliphatic rings. The Bertz CT molecular complexity index is 983. The number of esters is 2. The SMILES string of the molecule is CC(=O)SC[C@@H](C)C(=O)N1CCC[C@H]1C(=O)Oc1ccc(/C=C/C(=O)OCCCCO[N+](=O)[O-])cc1.COC. The number of thioether (sulfide) groups is 1. The van der Waals surface area contributed by atoms with Gasteiger partial charge in [-0.25, -0.2) is 9.59 Å². The summed E-state index contributed by atoms with van der Waals surface area (Å²) in [6.07, 6.45) is 4.84. The van der Waals surface area contributed by atoms with Crippen molar-refractivity contribution in [3.05, 3.63) is 46.0 Å².